The molecule has 2 rings (SSSR count). The van der Waals surface area contributed by atoms with E-state index in [0.717, 1.165) is 44.3 Å². The number of halogens is 1. The van der Waals surface area contributed by atoms with Gasteiger partial charge in [0, 0.05) is 24.7 Å². The Morgan fingerprint density at radius 3 is 2.62 bits per heavy atom. The van der Waals surface area contributed by atoms with E-state index in [1.807, 2.05) is 24.0 Å². The predicted octanol–water partition coefficient (Wildman–Crippen LogP) is 3.26. The van der Waals surface area contributed by atoms with Crippen LogP contribution in [0.5, 0.6) is 0 Å². The van der Waals surface area contributed by atoms with E-state index in [1.54, 1.807) is 0 Å². The molecule has 1 aromatic carbocycles. The number of benzene rings is 1. The molecule has 21 heavy (non-hydrogen) atoms. The first-order valence-corrected chi connectivity index (χ1v) is 7.75. The molecule has 4 heteroatoms. The van der Waals surface area contributed by atoms with E-state index in [9.17, 15) is 4.79 Å². The molecule has 118 valence electrons. The summed E-state index contributed by atoms with van der Waals surface area (Å²) in [4.78, 5) is 14.5. The fourth-order valence-corrected chi connectivity index (χ4v) is 2.91. The van der Waals surface area contributed by atoms with Crippen molar-refractivity contribution in [3.05, 3.63) is 35.4 Å². The van der Waals surface area contributed by atoms with Crippen molar-refractivity contribution >= 4 is 18.3 Å². The second-order valence-electron chi connectivity index (χ2n) is 5.96. The van der Waals surface area contributed by atoms with Crippen molar-refractivity contribution < 1.29 is 4.79 Å². The summed E-state index contributed by atoms with van der Waals surface area (Å²) in [5.41, 5.74) is 8.09. The van der Waals surface area contributed by atoms with E-state index in [0.29, 0.717) is 5.92 Å². The molecule has 0 aromatic heterocycles. The minimum atomic E-state index is 0. The van der Waals surface area contributed by atoms with Crippen LogP contribution < -0.4 is 5.73 Å². The van der Waals surface area contributed by atoms with Gasteiger partial charge in [0.15, 0.2) is 0 Å². The zero-order valence-electron chi connectivity index (χ0n) is 13.0. The van der Waals surface area contributed by atoms with Crippen LogP contribution in [-0.4, -0.2) is 29.9 Å². The van der Waals surface area contributed by atoms with E-state index < -0.39 is 0 Å². The number of nitrogens with zero attached hydrogens (tertiary/aromatic N) is 1. The van der Waals surface area contributed by atoms with Gasteiger partial charge in [0.2, 0.25) is 0 Å². The monoisotopic (exact) mass is 310 g/mol. The van der Waals surface area contributed by atoms with Gasteiger partial charge in [-0.25, -0.2) is 0 Å². The van der Waals surface area contributed by atoms with Crippen molar-refractivity contribution in [1.29, 1.82) is 0 Å². The van der Waals surface area contributed by atoms with Gasteiger partial charge in [-0.1, -0.05) is 25.5 Å². The molecule has 2 unspecified atom stereocenters. The van der Waals surface area contributed by atoms with Gasteiger partial charge in [0.25, 0.3) is 5.91 Å². The lowest BCUT2D eigenvalue weighted by Gasteiger charge is -2.34. The van der Waals surface area contributed by atoms with Crippen LogP contribution in [0.1, 0.15) is 49.0 Å². The van der Waals surface area contributed by atoms with Gasteiger partial charge in [0.05, 0.1) is 0 Å². The number of rotatable bonds is 4. The van der Waals surface area contributed by atoms with Crippen LogP contribution in [0.3, 0.4) is 0 Å². The van der Waals surface area contributed by atoms with Crippen LogP contribution in [0.15, 0.2) is 24.3 Å². The summed E-state index contributed by atoms with van der Waals surface area (Å²) in [5, 5.41) is 0. The lowest BCUT2D eigenvalue weighted by molar-refractivity contribution is 0.0661. The van der Waals surface area contributed by atoms with Crippen LogP contribution in [-0.2, 0) is 6.42 Å². The number of aryl methyl sites for hydroxylation is 1. The third-order valence-electron chi connectivity index (χ3n) is 4.23. The molecule has 2 N–H and O–H groups in total. The molecule has 0 aliphatic carbocycles. The average molecular weight is 311 g/mol. The Balaban J connectivity index is 0.00000220. The highest BCUT2D eigenvalue weighted by Crippen LogP contribution is 2.20. The highest BCUT2D eigenvalue weighted by Gasteiger charge is 2.26. The molecule has 1 fully saturated rings. The Morgan fingerprint density at radius 1 is 1.38 bits per heavy atom. The van der Waals surface area contributed by atoms with Crippen LogP contribution >= 0.6 is 12.4 Å². The van der Waals surface area contributed by atoms with Crippen molar-refractivity contribution in [2.45, 2.75) is 45.6 Å². The lowest BCUT2D eigenvalue weighted by Crippen LogP contribution is -2.45. The summed E-state index contributed by atoms with van der Waals surface area (Å²) in [6.45, 7) is 5.87. The first-order valence-electron chi connectivity index (χ1n) is 7.75. The van der Waals surface area contributed by atoms with Gasteiger partial charge in [-0.3, -0.25) is 4.79 Å². The summed E-state index contributed by atoms with van der Waals surface area (Å²) in [7, 11) is 0. The summed E-state index contributed by atoms with van der Waals surface area (Å²) in [5.74, 6) is 0.588. The number of likely N-dealkylation sites (tertiary alicyclic amines) is 1. The van der Waals surface area contributed by atoms with E-state index in [4.69, 9.17) is 5.73 Å². The molecule has 1 aliphatic heterocycles. The minimum Gasteiger partial charge on any atom is -0.338 e. The number of piperidine rings is 1. The first kappa shape index (κ1) is 18.0. The van der Waals surface area contributed by atoms with Crippen LogP contribution in [0.4, 0.5) is 0 Å². The Labute approximate surface area is 134 Å². The molecule has 1 amide bonds. The standard InChI is InChI=1S/C17H26N2O.ClH/c1-3-5-14-7-9-15(10-8-14)17(20)19-11-4-6-16(12-19)13(2)18;/h7-10,13,16H,3-6,11-12,18H2,1-2H3;1H. The zero-order valence-corrected chi connectivity index (χ0v) is 13.9. The summed E-state index contributed by atoms with van der Waals surface area (Å²) in [6.07, 6.45) is 4.41. The Bertz CT molecular complexity index is 445. The van der Waals surface area contributed by atoms with Crippen molar-refractivity contribution in [3.8, 4) is 0 Å². The van der Waals surface area contributed by atoms with E-state index in [1.165, 1.54) is 5.56 Å². The maximum Gasteiger partial charge on any atom is 0.253 e. The molecular weight excluding hydrogens is 284 g/mol. The van der Waals surface area contributed by atoms with Gasteiger partial charge in [-0.2, -0.15) is 0 Å². The third-order valence-corrected chi connectivity index (χ3v) is 4.23. The fraction of sp³-hybridized carbons (Fsp3) is 0.588. The maximum absolute atomic E-state index is 12.5. The number of carbonyl (C=O) groups excluding carboxylic acids is 1. The Morgan fingerprint density at radius 2 is 2.05 bits per heavy atom. The van der Waals surface area contributed by atoms with Gasteiger partial charge in [-0.15, -0.1) is 12.4 Å². The van der Waals surface area contributed by atoms with Crippen molar-refractivity contribution in [2.24, 2.45) is 11.7 Å². The predicted molar refractivity (Wildman–Crippen MR) is 90.0 cm³/mol. The van der Waals surface area contributed by atoms with Crippen LogP contribution in [0.2, 0.25) is 0 Å². The molecule has 1 aromatic rings. The smallest absolute Gasteiger partial charge is 0.253 e. The Hall–Kier alpha value is -1.06. The molecule has 0 spiro atoms. The molecule has 1 aliphatic rings. The van der Waals surface area contributed by atoms with Crippen molar-refractivity contribution in [1.82, 2.24) is 4.90 Å². The molecule has 0 bridgehead atoms. The summed E-state index contributed by atoms with van der Waals surface area (Å²) >= 11 is 0. The highest BCUT2D eigenvalue weighted by atomic mass is 35.5. The topological polar surface area (TPSA) is 46.3 Å². The molecule has 0 saturated carbocycles. The largest absolute Gasteiger partial charge is 0.338 e. The average Bonchev–Trinajstić information content (AvgIpc) is 2.48. The molecule has 2 atom stereocenters. The first-order chi connectivity index (χ1) is 9.61. The molecule has 1 saturated heterocycles. The molecule has 1 heterocycles. The third kappa shape index (κ3) is 4.72. The summed E-state index contributed by atoms with van der Waals surface area (Å²) in [6, 6.07) is 8.23. The Kier molecular flexibility index (Phi) is 7.20. The van der Waals surface area contributed by atoms with E-state index in [2.05, 4.69) is 19.1 Å². The lowest BCUT2D eigenvalue weighted by atomic mass is 9.92. The SMILES string of the molecule is CCCc1ccc(C(=O)N2CCCC(C(C)N)C2)cc1.Cl. The van der Waals surface area contributed by atoms with Crippen molar-refractivity contribution in [3.63, 3.8) is 0 Å². The van der Waals surface area contributed by atoms with Crippen molar-refractivity contribution in [2.75, 3.05) is 13.1 Å². The molecular formula is C17H27ClN2O. The van der Waals surface area contributed by atoms with Gasteiger partial charge >= 0.3 is 0 Å². The normalized spacial score (nSPS) is 19.8. The van der Waals surface area contributed by atoms with E-state index in [-0.39, 0.29) is 24.4 Å². The van der Waals surface area contributed by atoms with Gasteiger partial charge < -0.3 is 10.6 Å². The van der Waals surface area contributed by atoms with Crippen LogP contribution in [0.25, 0.3) is 0 Å². The van der Waals surface area contributed by atoms with E-state index >= 15 is 0 Å². The van der Waals surface area contributed by atoms with Crippen LogP contribution in [0, 0.1) is 5.92 Å². The number of hydrogen-bond donors (Lipinski definition) is 1. The number of amides is 1. The highest BCUT2D eigenvalue weighted by molar-refractivity contribution is 5.94. The second kappa shape index (κ2) is 8.40. The quantitative estimate of drug-likeness (QED) is 0.928. The second-order valence-corrected chi connectivity index (χ2v) is 5.96. The summed E-state index contributed by atoms with van der Waals surface area (Å²) < 4.78 is 0. The fourth-order valence-electron chi connectivity index (χ4n) is 2.91. The number of nitrogens with two attached hydrogens (primary N) is 1. The number of hydrogen-bond acceptors (Lipinski definition) is 2. The maximum atomic E-state index is 12.5. The number of carbonyl (C=O) groups is 1. The molecule has 0 radical (unpaired) electrons. The minimum absolute atomic E-state index is 0. The molecule has 3 nitrogen and oxygen atoms in total. The zero-order chi connectivity index (χ0) is 14.5. The van der Waals surface area contributed by atoms with Gasteiger partial charge in [-0.05, 0) is 49.8 Å². The van der Waals surface area contributed by atoms with Gasteiger partial charge in [0.1, 0.15) is 0 Å².